The fourth-order valence-electron chi connectivity index (χ4n) is 1.36. The van der Waals surface area contributed by atoms with E-state index in [0.717, 1.165) is 0 Å². The van der Waals surface area contributed by atoms with E-state index < -0.39 is 0 Å². The average Bonchev–Trinajstić information content (AvgIpc) is 2.39. The molecule has 2 aromatic rings. The zero-order valence-corrected chi connectivity index (χ0v) is 9.11. The van der Waals surface area contributed by atoms with Crippen LogP contribution in [-0.4, -0.2) is 17.0 Å². The molecule has 0 aliphatic heterocycles. The van der Waals surface area contributed by atoms with E-state index in [4.69, 9.17) is 5.26 Å². The van der Waals surface area contributed by atoms with Crippen LogP contribution >= 0.6 is 0 Å². The molecule has 0 aliphatic rings. The van der Waals surface area contributed by atoms with Gasteiger partial charge in [-0.2, -0.15) is 5.26 Å². The van der Waals surface area contributed by atoms with E-state index in [1.165, 1.54) is 12.1 Å². The van der Waals surface area contributed by atoms with E-state index in [1.54, 1.807) is 25.2 Å². The van der Waals surface area contributed by atoms with Crippen molar-refractivity contribution < 1.29 is 4.39 Å². The zero-order valence-electron chi connectivity index (χ0n) is 9.11. The maximum absolute atomic E-state index is 12.8. The van der Waals surface area contributed by atoms with Gasteiger partial charge in [0, 0.05) is 18.7 Å². The number of rotatable bonds is 2. The molecule has 4 nitrogen and oxygen atoms in total. The molecule has 84 valence electrons. The maximum Gasteiger partial charge on any atom is 0.162 e. The zero-order chi connectivity index (χ0) is 12.3. The number of hydrogen-bond donors (Lipinski definition) is 1. The van der Waals surface area contributed by atoms with Gasteiger partial charge in [-0.05, 0) is 24.3 Å². The highest BCUT2D eigenvalue weighted by Gasteiger charge is 2.06. The Kier molecular flexibility index (Phi) is 2.97. The van der Waals surface area contributed by atoms with Gasteiger partial charge in [-0.15, -0.1) is 0 Å². The van der Waals surface area contributed by atoms with Crippen molar-refractivity contribution in [2.45, 2.75) is 0 Å². The fraction of sp³-hybridized carbons (Fsp3) is 0.0833. The SMILES string of the molecule is CNc1cc(C#N)nc(-c2ccc(F)cc2)n1. The number of nitriles is 1. The van der Waals surface area contributed by atoms with E-state index in [2.05, 4.69) is 15.3 Å². The summed E-state index contributed by atoms with van der Waals surface area (Å²) in [4.78, 5) is 8.27. The third kappa shape index (κ3) is 2.37. The van der Waals surface area contributed by atoms with Gasteiger partial charge in [-0.25, -0.2) is 14.4 Å². The van der Waals surface area contributed by atoms with Gasteiger partial charge in [0.25, 0.3) is 0 Å². The molecule has 0 aliphatic carbocycles. The molecule has 1 N–H and O–H groups in total. The maximum atomic E-state index is 12.8. The molecular formula is C12H9FN4. The Balaban J connectivity index is 2.51. The lowest BCUT2D eigenvalue weighted by Crippen LogP contribution is -1.98. The van der Waals surface area contributed by atoms with Crippen LogP contribution in [0.15, 0.2) is 30.3 Å². The largest absolute Gasteiger partial charge is 0.373 e. The van der Waals surface area contributed by atoms with Gasteiger partial charge in [0.05, 0.1) is 0 Å². The van der Waals surface area contributed by atoms with Crippen LogP contribution < -0.4 is 5.32 Å². The molecule has 1 aromatic heterocycles. The topological polar surface area (TPSA) is 61.6 Å². The summed E-state index contributed by atoms with van der Waals surface area (Å²) in [6.07, 6.45) is 0. The second-order valence-electron chi connectivity index (χ2n) is 3.33. The predicted octanol–water partition coefficient (Wildman–Crippen LogP) is 2.20. The van der Waals surface area contributed by atoms with Gasteiger partial charge < -0.3 is 5.32 Å². The smallest absolute Gasteiger partial charge is 0.162 e. The third-order valence-corrected chi connectivity index (χ3v) is 2.20. The van der Waals surface area contributed by atoms with Crippen LogP contribution in [0.1, 0.15) is 5.69 Å². The molecule has 0 saturated heterocycles. The number of aromatic nitrogens is 2. The van der Waals surface area contributed by atoms with E-state index in [0.29, 0.717) is 17.2 Å². The van der Waals surface area contributed by atoms with Crippen molar-refractivity contribution in [3.05, 3.63) is 41.8 Å². The summed E-state index contributed by atoms with van der Waals surface area (Å²) in [6, 6.07) is 9.32. The summed E-state index contributed by atoms with van der Waals surface area (Å²) in [5.74, 6) is 0.628. The number of nitrogens with zero attached hydrogens (tertiary/aromatic N) is 3. The Morgan fingerprint density at radius 2 is 1.94 bits per heavy atom. The molecule has 5 heteroatoms. The van der Waals surface area contributed by atoms with Gasteiger partial charge in [-0.3, -0.25) is 0 Å². The highest BCUT2D eigenvalue weighted by Crippen LogP contribution is 2.17. The average molecular weight is 228 g/mol. The summed E-state index contributed by atoms with van der Waals surface area (Å²) in [5.41, 5.74) is 0.934. The number of benzene rings is 1. The van der Waals surface area contributed by atoms with Crippen molar-refractivity contribution in [1.29, 1.82) is 5.26 Å². The van der Waals surface area contributed by atoms with Gasteiger partial charge in [0.1, 0.15) is 23.4 Å². The summed E-state index contributed by atoms with van der Waals surface area (Å²) in [6.45, 7) is 0. The lowest BCUT2D eigenvalue weighted by molar-refractivity contribution is 0.628. The summed E-state index contributed by atoms with van der Waals surface area (Å²) in [5, 5.41) is 11.7. The second-order valence-corrected chi connectivity index (χ2v) is 3.33. The molecule has 0 spiro atoms. The molecule has 2 rings (SSSR count). The van der Waals surface area contributed by atoms with Crippen molar-refractivity contribution in [2.75, 3.05) is 12.4 Å². The van der Waals surface area contributed by atoms with E-state index in [9.17, 15) is 4.39 Å². The van der Waals surface area contributed by atoms with E-state index >= 15 is 0 Å². The molecule has 0 unspecified atom stereocenters. The normalized spacial score (nSPS) is 9.71. The molecule has 0 radical (unpaired) electrons. The minimum atomic E-state index is -0.320. The van der Waals surface area contributed by atoms with Crippen molar-refractivity contribution in [1.82, 2.24) is 9.97 Å². The van der Waals surface area contributed by atoms with Crippen molar-refractivity contribution in [2.24, 2.45) is 0 Å². The van der Waals surface area contributed by atoms with E-state index in [-0.39, 0.29) is 11.5 Å². The summed E-state index contributed by atoms with van der Waals surface area (Å²) in [7, 11) is 1.71. The minimum absolute atomic E-state index is 0.267. The molecule has 17 heavy (non-hydrogen) atoms. The van der Waals surface area contributed by atoms with Crippen molar-refractivity contribution in [3.8, 4) is 17.5 Å². The molecule has 0 amide bonds. The quantitative estimate of drug-likeness (QED) is 0.855. The summed E-state index contributed by atoms with van der Waals surface area (Å²) >= 11 is 0. The van der Waals surface area contributed by atoms with Crippen LogP contribution in [0.2, 0.25) is 0 Å². The van der Waals surface area contributed by atoms with Crippen LogP contribution in [-0.2, 0) is 0 Å². The molecule has 0 fully saturated rings. The van der Waals surface area contributed by atoms with Crippen molar-refractivity contribution >= 4 is 5.82 Å². The van der Waals surface area contributed by atoms with Crippen LogP contribution in [0.5, 0.6) is 0 Å². The predicted molar refractivity (Wildman–Crippen MR) is 61.7 cm³/mol. The molecule has 1 aromatic carbocycles. The Bertz CT molecular complexity index is 572. The monoisotopic (exact) mass is 228 g/mol. The number of hydrogen-bond acceptors (Lipinski definition) is 4. The van der Waals surface area contributed by atoms with Crippen LogP contribution in [0.4, 0.5) is 10.2 Å². The first-order valence-electron chi connectivity index (χ1n) is 4.96. The Labute approximate surface area is 97.8 Å². The number of halogens is 1. The Morgan fingerprint density at radius 1 is 1.24 bits per heavy atom. The Morgan fingerprint density at radius 3 is 2.53 bits per heavy atom. The lowest BCUT2D eigenvalue weighted by atomic mass is 10.2. The highest BCUT2D eigenvalue weighted by molar-refractivity contribution is 5.58. The molecule has 0 bridgehead atoms. The number of anilines is 1. The third-order valence-electron chi connectivity index (χ3n) is 2.20. The Hall–Kier alpha value is -2.48. The first-order chi connectivity index (χ1) is 8.22. The molecule has 0 atom stereocenters. The van der Waals surface area contributed by atoms with Gasteiger partial charge in [0.15, 0.2) is 5.82 Å². The molecular weight excluding hydrogens is 219 g/mol. The minimum Gasteiger partial charge on any atom is -0.373 e. The standard InChI is InChI=1S/C12H9FN4/c1-15-11-6-10(7-14)16-12(17-11)8-2-4-9(13)5-3-8/h2-6H,1H3,(H,15,16,17). The highest BCUT2D eigenvalue weighted by atomic mass is 19.1. The van der Waals surface area contributed by atoms with Crippen molar-refractivity contribution in [3.63, 3.8) is 0 Å². The molecule has 0 saturated carbocycles. The van der Waals surface area contributed by atoms with Crippen LogP contribution in [0, 0.1) is 17.1 Å². The first-order valence-corrected chi connectivity index (χ1v) is 4.96. The van der Waals surface area contributed by atoms with Crippen LogP contribution in [0.25, 0.3) is 11.4 Å². The number of nitrogens with one attached hydrogen (secondary N) is 1. The van der Waals surface area contributed by atoms with Gasteiger partial charge in [-0.1, -0.05) is 0 Å². The second kappa shape index (κ2) is 4.58. The van der Waals surface area contributed by atoms with Crippen LogP contribution in [0.3, 0.4) is 0 Å². The lowest BCUT2D eigenvalue weighted by Gasteiger charge is -2.04. The van der Waals surface area contributed by atoms with E-state index in [1.807, 2.05) is 6.07 Å². The first kappa shape index (κ1) is 11.0. The van der Waals surface area contributed by atoms with Gasteiger partial charge in [0.2, 0.25) is 0 Å². The molecule has 1 heterocycles. The fourth-order valence-corrected chi connectivity index (χ4v) is 1.36. The summed E-state index contributed by atoms with van der Waals surface area (Å²) < 4.78 is 12.8. The van der Waals surface area contributed by atoms with Gasteiger partial charge >= 0.3 is 0 Å².